The molecule has 1 aliphatic rings. The number of quaternary nitrogens is 1. The Bertz CT molecular complexity index is 1480. The molecule has 1 fully saturated rings. The molecule has 0 bridgehead atoms. The Morgan fingerprint density at radius 1 is 1.04 bits per heavy atom. The summed E-state index contributed by atoms with van der Waals surface area (Å²) in [6.07, 6.45) is -0.396. The average molecular weight is 660 g/mol. The first-order valence-corrected chi connectivity index (χ1v) is 15.8. The molecule has 4 rings (SSSR count). The van der Waals surface area contributed by atoms with Gasteiger partial charge < -0.3 is 19.5 Å². The molecule has 3 aromatic rings. The van der Waals surface area contributed by atoms with E-state index in [0.717, 1.165) is 11.8 Å². The van der Waals surface area contributed by atoms with Crippen LogP contribution in [0.2, 0.25) is 0 Å². The van der Waals surface area contributed by atoms with E-state index in [0.29, 0.717) is 55.7 Å². The van der Waals surface area contributed by atoms with E-state index in [1.165, 1.54) is 6.07 Å². The second kappa shape index (κ2) is 15.5. The Morgan fingerprint density at radius 3 is 2.40 bits per heavy atom. The highest BCUT2D eigenvalue weighted by Crippen LogP contribution is 2.31. The molecule has 2 N–H and O–H groups in total. The molecule has 2 aromatic carbocycles. The summed E-state index contributed by atoms with van der Waals surface area (Å²) in [5.74, 6) is -1.33. The van der Waals surface area contributed by atoms with Crippen LogP contribution in [0.4, 0.5) is 19.4 Å². The zero-order valence-electron chi connectivity index (χ0n) is 28.7. The van der Waals surface area contributed by atoms with Gasteiger partial charge in [0.15, 0.2) is 17.7 Å². The van der Waals surface area contributed by atoms with E-state index < -0.39 is 23.8 Å². The predicted octanol–water partition coefficient (Wildman–Crippen LogP) is 4.90. The molecule has 3 atom stereocenters. The molecule has 0 unspecified atom stereocenters. The Balaban J connectivity index is 1.56. The van der Waals surface area contributed by atoms with Gasteiger partial charge in [0.1, 0.15) is 18.0 Å². The van der Waals surface area contributed by atoms with Crippen molar-refractivity contribution < 1.29 is 37.3 Å². The van der Waals surface area contributed by atoms with Crippen molar-refractivity contribution in [3.05, 3.63) is 71.3 Å². The number of carbonyl (C=O) groups is 1. The van der Waals surface area contributed by atoms with Crippen molar-refractivity contribution in [3.8, 4) is 11.6 Å². The number of halogens is 2. The van der Waals surface area contributed by atoms with Crippen LogP contribution in [0.1, 0.15) is 37.8 Å². The van der Waals surface area contributed by atoms with Crippen LogP contribution in [0.15, 0.2) is 48.5 Å². The summed E-state index contributed by atoms with van der Waals surface area (Å²) < 4.78 is 46.7. The van der Waals surface area contributed by atoms with Gasteiger partial charge in [-0.2, -0.15) is 9.48 Å². The number of carbonyl (C=O) groups excluding carboxylic acids is 1. The molecule has 1 saturated heterocycles. The van der Waals surface area contributed by atoms with Gasteiger partial charge in [-0.05, 0) is 57.5 Å². The zero-order valence-corrected chi connectivity index (χ0v) is 28.7. The molecular formula is C34H49F2N6O5+. The lowest BCUT2D eigenvalue weighted by Crippen LogP contribution is -2.57. The molecule has 258 valence electrons. The molecule has 0 radical (unpaired) electrons. The van der Waals surface area contributed by atoms with Crippen LogP contribution in [0.5, 0.6) is 5.88 Å². The van der Waals surface area contributed by atoms with Crippen molar-refractivity contribution >= 4 is 11.8 Å². The summed E-state index contributed by atoms with van der Waals surface area (Å²) in [5.41, 5.74) is 1.76. The number of nitrogens with one attached hydrogen (secondary N) is 2. The molecule has 1 aliphatic heterocycles. The summed E-state index contributed by atoms with van der Waals surface area (Å²) in [7, 11) is 7.20. The van der Waals surface area contributed by atoms with Gasteiger partial charge in [0.2, 0.25) is 5.88 Å². The number of hydrogen-bond acceptors (Lipinski definition) is 7. The molecule has 0 aliphatic carbocycles. The fourth-order valence-corrected chi connectivity index (χ4v) is 5.34. The minimum absolute atomic E-state index is 0.166. The van der Waals surface area contributed by atoms with Crippen LogP contribution in [0.3, 0.4) is 0 Å². The van der Waals surface area contributed by atoms with Gasteiger partial charge >= 0.3 is 6.03 Å². The monoisotopic (exact) mass is 659 g/mol. The number of para-hydroxylation sites is 1. The molecule has 13 heteroatoms. The third kappa shape index (κ3) is 9.05. The Labute approximate surface area is 276 Å². The number of methoxy groups -OCH3 is 2. The number of nitrogens with zero attached hydrogens (tertiary/aromatic N) is 4. The standard InChI is InChI=1S/C34H48F2N6O5/c1-23-31(38-33(43)37-30-20-40(16-17-44-7)19-27(30)24-14-15-28(35)29(36)18-24)41(25-12-10-9-11-13-25)39-32(23)46-22-26(21-45-8)47-42(5,6)34(2,3)4/h9-15,18,26-27,30H,16-17,19-22H2,1-8H3,(H-,37,38,39,43)/p+1/t26-,27-,30+/m0/s1. The first-order valence-electron chi connectivity index (χ1n) is 15.8. The second-order valence-corrected chi connectivity index (χ2v) is 13.3. The number of urea groups is 1. The number of amides is 2. The molecule has 1 aromatic heterocycles. The topological polar surface area (TPSA) is 99.1 Å². The first-order chi connectivity index (χ1) is 22.2. The van der Waals surface area contributed by atoms with E-state index in [2.05, 4.69) is 36.3 Å². The van der Waals surface area contributed by atoms with Crippen LogP contribution in [-0.2, 0) is 14.3 Å². The Kier molecular flexibility index (Phi) is 12.0. The summed E-state index contributed by atoms with van der Waals surface area (Å²) >= 11 is 0. The van der Waals surface area contributed by atoms with E-state index in [9.17, 15) is 13.6 Å². The van der Waals surface area contributed by atoms with Gasteiger partial charge in [-0.15, -0.1) is 5.10 Å². The first kappa shape index (κ1) is 36.2. The van der Waals surface area contributed by atoms with E-state index in [4.69, 9.17) is 24.1 Å². The van der Waals surface area contributed by atoms with Gasteiger partial charge in [0.25, 0.3) is 0 Å². The van der Waals surface area contributed by atoms with E-state index >= 15 is 0 Å². The van der Waals surface area contributed by atoms with Gasteiger partial charge in [-0.25, -0.2) is 18.3 Å². The number of benzene rings is 2. The van der Waals surface area contributed by atoms with Crippen molar-refractivity contribution in [2.24, 2.45) is 0 Å². The van der Waals surface area contributed by atoms with Crippen LogP contribution in [0.25, 0.3) is 5.69 Å². The highest BCUT2D eigenvalue weighted by atomic mass is 19.2. The van der Waals surface area contributed by atoms with Crippen molar-refractivity contribution in [1.82, 2.24) is 20.0 Å². The van der Waals surface area contributed by atoms with Gasteiger partial charge in [0.05, 0.1) is 44.6 Å². The Hall–Kier alpha value is -3.62. The molecule has 0 saturated carbocycles. The zero-order chi connectivity index (χ0) is 34.4. The number of hydrogen-bond donors (Lipinski definition) is 2. The smallest absolute Gasteiger partial charge is 0.320 e. The van der Waals surface area contributed by atoms with Gasteiger partial charge in [-0.1, -0.05) is 24.3 Å². The Morgan fingerprint density at radius 2 is 1.77 bits per heavy atom. The maximum Gasteiger partial charge on any atom is 0.320 e. The summed E-state index contributed by atoms with van der Waals surface area (Å²) in [6.45, 7) is 10.8. The SMILES string of the molecule is COCCN1C[C@@H](NC(=O)Nc2c(C)c(OC[C@H](COC)O[N+](C)(C)C(C)(C)C)nn2-c2ccccc2)[C@H](c2ccc(F)c(F)c2)C1. The third-order valence-corrected chi connectivity index (χ3v) is 8.79. The van der Waals surface area contributed by atoms with Crippen molar-refractivity contribution in [2.75, 3.05) is 73.1 Å². The fraction of sp³-hybridized carbons (Fsp3) is 0.529. The lowest BCUT2D eigenvalue weighted by atomic mass is 9.94. The summed E-state index contributed by atoms with van der Waals surface area (Å²) in [6, 6.07) is 12.5. The maximum absolute atomic E-state index is 14.2. The average Bonchev–Trinajstić information content (AvgIpc) is 3.56. The molecule has 0 spiro atoms. The maximum atomic E-state index is 14.2. The molecule has 2 heterocycles. The minimum Gasteiger partial charge on any atom is -0.473 e. The normalized spacial score (nSPS) is 17.9. The van der Waals surface area contributed by atoms with Crippen LogP contribution in [-0.4, -0.2) is 111 Å². The predicted molar refractivity (Wildman–Crippen MR) is 176 cm³/mol. The lowest BCUT2D eigenvalue weighted by molar-refractivity contribution is -1.11. The molecule has 11 nitrogen and oxygen atoms in total. The van der Waals surface area contributed by atoms with Crippen molar-refractivity contribution in [1.29, 1.82) is 0 Å². The summed E-state index contributed by atoms with van der Waals surface area (Å²) in [4.78, 5) is 22.1. The highest BCUT2D eigenvalue weighted by molar-refractivity contribution is 5.90. The van der Waals surface area contributed by atoms with Crippen molar-refractivity contribution in [2.45, 2.75) is 51.3 Å². The van der Waals surface area contributed by atoms with Gasteiger partial charge in [-0.3, -0.25) is 10.2 Å². The van der Waals surface area contributed by atoms with Crippen LogP contribution >= 0.6 is 0 Å². The second-order valence-electron chi connectivity index (χ2n) is 13.3. The summed E-state index contributed by atoms with van der Waals surface area (Å²) in [5, 5.41) is 10.8. The highest BCUT2D eigenvalue weighted by Gasteiger charge is 2.38. The third-order valence-electron chi connectivity index (χ3n) is 8.79. The number of ether oxygens (including phenoxy) is 3. The fourth-order valence-electron chi connectivity index (χ4n) is 5.34. The van der Waals surface area contributed by atoms with E-state index in [1.54, 1.807) is 25.0 Å². The van der Waals surface area contributed by atoms with E-state index in [-0.39, 0.29) is 28.8 Å². The van der Waals surface area contributed by atoms with Crippen LogP contribution < -0.4 is 15.4 Å². The van der Waals surface area contributed by atoms with E-state index in [1.807, 2.05) is 51.4 Å². The van der Waals surface area contributed by atoms with Crippen molar-refractivity contribution in [3.63, 3.8) is 0 Å². The number of rotatable bonds is 14. The number of hydroxylamine groups is 3. The van der Waals surface area contributed by atoms with Crippen LogP contribution in [0, 0.1) is 18.6 Å². The molecule has 2 amide bonds. The quantitative estimate of drug-likeness (QED) is 0.188. The lowest BCUT2D eigenvalue weighted by Gasteiger charge is -2.41. The largest absolute Gasteiger partial charge is 0.473 e. The number of aromatic nitrogens is 2. The minimum atomic E-state index is -0.921. The number of likely N-dealkylation sites (tertiary alicyclic amines) is 1. The molecule has 47 heavy (non-hydrogen) atoms. The molecular weight excluding hydrogens is 610 g/mol. The number of anilines is 1. The van der Waals surface area contributed by atoms with Gasteiger partial charge in [0, 0.05) is 39.8 Å².